The number of carbonyl (C=O) groups is 1. The molecule has 1 fully saturated rings. The van der Waals surface area contributed by atoms with Crippen LogP contribution in [0.1, 0.15) is 25.3 Å². The van der Waals surface area contributed by atoms with Gasteiger partial charge in [-0.15, -0.1) is 0 Å². The summed E-state index contributed by atoms with van der Waals surface area (Å²) in [5.41, 5.74) is -0.00685. The Morgan fingerprint density at radius 3 is 2.94 bits per heavy atom. The van der Waals surface area contributed by atoms with Crippen LogP contribution in [0.2, 0.25) is 0 Å². The number of ketones is 1. The molecular weight excluding hydrogens is 285 g/mol. The largest absolute Gasteiger partial charge is 0.305 e. The van der Waals surface area contributed by atoms with Gasteiger partial charge in [0.1, 0.15) is 5.82 Å². The molecule has 1 heterocycles. The minimum absolute atomic E-state index is 0.0659. The molecule has 0 amide bonds. The van der Waals surface area contributed by atoms with Gasteiger partial charge in [-0.3, -0.25) is 4.79 Å². The van der Waals surface area contributed by atoms with Gasteiger partial charge in [-0.25, -0.2) is 4.39 Å². The summed E-state index contributed by atoms with van der Waals surface area (Å²) in [7, 11) is 0. The number of nitrogens with one attached hydrogen (secondary N) is 1. The van der Waals surface area contributed by atoms with E-state index in [1.165, 1.54) is 6.07 Å². The Kier molecular flexibility index (Phi) is 3.64. The summed E-state index contributed by atoms with van der Waals surface area (Å²) in [6, 6.07) is 4.82. The zero-order valence-corrected chi connectivity index (χ0v) is 11.3. The molecule has 1 aliphatic rings. The van der Waals surface area contributed by atoms with Crippen molar-refractivity contribution in [2.45, 2.75) is 31.7 Å². The standard InChI is InChI=1S/C13H15BrFNO/c1-13(5-2-6-16-13)12(17)7-9-3-4-10(14)8-11(9)15/h3-4,8,16H,2,5-7H2,1H3. The maximum Gasteiger partial charge on any atom is 0.157 e. The van der Waals surface area contributed by atoms with Crippen molar-refractivity contribution in [2.75, 3.05) is 6.54 Å². The van der Waals surface area contributed by atoms with Crippen LogP contribution in [0.25, 0.3) is 0 Å². The Morgan fingerprint density at radius 1 is 1.59 bits per heavy atom. The third kappa shape index (κ3) is 2.75. The highest BCUT2D eigenvalue weighted by Gasteiger charge is 2.35. The normalized spacial score (nSPS) is 23.9. The third-order valence-electron chi connectivity index (χ3n) is 3.35. The predicted octanol–water partition coefficient (Wildman–Crippen LogP) is 2.84. The van der Waals surface area contributed by atoms with Crippen molar-refractivity contribution in [3.8, 4) is 0 Å². The predicted molar refractivity (Wildman–Crippen MR) is 68.5 cm³/mol. The Balaban J connectivity index is 2.13. The first-order valence-corrected chi connectivity index (χ1v) is 6.53. The lowest BCUT2D eigenvalue weighted by molar-refractivity contribution is -0.123. The number of halogens is 2. The van der Waals surface area contributed by atoms with Gasteiger partial charge in [0.2, 0.25) is 0 Å². The molecule has 1 aromatic rings. The van der Waals surface area contributed by atoms with Crippen LogP contribution in [0, 0.1) is 5.82 Å². The minimum Gasteiger partial charge on any atom is -0.305 e. The Bertz CT molecular complexity index is 441. The van der Waals surface area contributed by atoms with Crippen molar-refractivity contribution in [2.24, 2.45) is 0 Å². The molecule has 1 unspecified atom stereocenters. The lowest BCUT2D eigenvalue weighted by atomic mass is 9.90. The van der Waals surface area contributed by atoms with Crippen molar-refractivity contribution < 1.29 is 9.18 Å². The molecule has 0 spiro atoms. The van der Waals surface area contributed by atoms with E-state index >= 15 is 0 Å². The molecular formula is C13H15BrFNO. The van der Waals surface area contributed by atoms with Gasteiger partial charge in [0.15, 0.2) is 5.78 Å². The summed E-state index contributed by atoms with van der Waals surface area (Å²) < 4.78 is 14.3. The zero-order chi connectivity index (χ0) is 12.5. The monoisotopic (exact) mass is 299 g/mol. The molecule has 1 aliphatic heterocycles. The van der Waals surface area contributed by atoms with Crippen LogP contribution < -0.4 is 5.32 Å². The summed E-state index contributed by atoms with van der Waals surface area (Å²) in [4.78, 5) is 12.1. The number of benzene rings is 1. The minimum atomic E-state index is -0.473. The van der Waals surface area contributed by atoms with E-state index in [2.05, 4.69) is 21.2 Å². The number of hydrogen-bond donors (Lipinski definition) is 1. The molecule has 0 bridgehead atoms. The van der Waals surface area contributed by atoms with Gasteiger partial charge in [-0.05, 0) is 44.0 Å². The van der Waals surface area contributed by atoms with E-state index in [0.29, 0.717) is 10.0 Å². The highest BCUT2D eigenvalue weighted by molar-refractivity contribution is 9.10. The average Bonchev–Trinajstić information content (AvgIpc) is 2.71. The van der Waals surface area contributed by atoms with E-state index < -0.39 is 5.54 Å². The summed E-state index contributed by atoms with van der Waals surface area (Å²) in [5, 5.41) is 3.20. The first-order valence-electron chi connectivity index (χ1n) is 5.73. The molecule has 0 aromatic heterocycles. The Morgan fingerprint density at radius 2 is 2.35 bits per heavy atom. The molecule has 17 heavy (non-hydrogen) atoms. The number of rotatable bonds is 3. The fourth-order valence-electron chi connectivity index (χ4n) is 2.17. The lowest BCUT2D eigenvalue weighted by Crippen LogP contribution is -2.45. The first-order chi connectivity index (χ1) is 8.01. The highest BCUT2D eigenvalue weighted by atomic mass is 79.9. The van der Waals surface area contributed by atoms with Crippen LogP contribution in [0.4, 0.5) is 4.39 Å². The second-order valence-electron chi connectivity index (χ2n) is 4.70. The van der Waals surface area contributed by atoms with Crippen molar-refractivity contribution >= 4 is 21.7 Å². The highest BCUT2D eigenvalue weighted by Crippen LogP contribution is 2.23. The molecule has 0 saturated carbocycles. The topological polar surface area (TPSA) is 29.1 Å². The fourth-order valence-corrected chi connectivity index (χ4v) is 2.50. The molecule has 0 aliphatic carbocycles. The van der Waals surface area contributed by atoms with E-state index in [9.17, 15) is 9.18 Å². The summed E-state index contributed by atoms with van der Waals surface area (Å²) >= 11 is 3.20. The van der Waals surface area contributed by atoms with E-state index in [0.717, 1.165) is 19.4 Å². The number of carbonyl (C=O) groups excluding carboxylic acids is 1. The van der Waals surface area contributed by atoms with Crippen LogP contribution in [-0.2, 0) is 11.2 Å². The molecule has 2 rings (SSSR count). The van der Waals surface area contributed by atoms with Crippen molar-refractivity contribution in [3.05, 3.63) is 34.1 Å². The van der Waals surface area contributed by atoms with Gasteiger partial charge < -0.3 is 5.32 Å². The second-order valence-corrected chi connectivity index (χ2v) is 5.61. The smallest absolute Gasteiger partial charge is 0.157 e. The number of Topliss-reactive ketones (excluding diaryl/α,β-unsaturated/α-hetero) is 1. The van der Waals surface area contributed by atoms with E-state index in [4.69, 9.17) is 0 Å². The molecule has 1 aromatic carbocycles. The molecule has 2 nitrogen and oxygen atoms in total. The van der Waals surface area contributed by atoms with Gasteiger partial charge in [-0.1, -0.05) is 22.0 Å². The van der Waals surface area contributed by atoms with Crippen LogP contribution in [0.15, 0.2) is 22.7 Å². The zero-order valence-electron chi connectivity index (χ0n) is 9.72. The van der Waals surface area contributed by atoms with Gasteiger partial charge in [0, 0.05) is 10.9 Å². The van der Waals surface area contributed by atoms with Gasteiger partial charge in [0.25, 0.3) is 0 Å². The molecule has 1 atom stereocenters. The maximum absolute atomic E-state index is 13.6. The Hall–Kier alpha value is -0.740. The summed E-state index contributed by atoms with van der Waals surface area (Å²) in [5.74, 6) is -0.259. The molecule has 1 saturated heterocycles. The third-order valence-corrected chi connectivity index (χ3v) is 3.84. The summed E-state index contributed by atoms with van der Waals surface area (Å²) in [6.45, 7) is 2.77. The van der Waals surface area contributed by atoms with Gasteiger partial charge in [0.05, 0.1) is 5.54 Å². The second kappa shape index (κ2) is 4.86. The van der Waals surface area contributed by atoms with Crippen molar-refractivity contribution in [1.82, 2.24) is 5.32 Å². The van der Waals surface area contributed by atoms with Crippen LogP contribution in [-0.4, -0.2) is 17.9 Å². The lowest BCUT2D eigenvalue weighted by Gasteiger charge is -2.22. The summed E-state index contributed by atoms with van der Waals surface area (Å²) in [6.07, 6.45) is 2.00. The number of hydrogen-bond acceptors (Lipinski definition) is 2. The maximum atomic E-state index is 13.6. The van der Waals surface area contributed by atoms with Gasteiger partial charge >= 0.3 is 0 Å². The van der Waals surface area contributed by atoms with E-state index in [1.807, 2.05) is 6.92 Å². The average molecular weight is 300 g/mol. The van der Waals surface area contributed by atoms with Crippen LogP contribution >= 0.6 is 15.9 Å². The van der Waals surface area contributed by atoms with Gasteiger partial charge in [-0.2, -0.15) is 0 Å². The Labute approximate surface area is 109 Å². The molecule has 92 valence electrons. The molecule has 0 radical (unpaired) electrons. The van der Waals surface area contributed by atoms with Crippen LogP contribution in [0.5, 0.6) is 0 Å². The van der Waals surface area contributed by atoms with Crippen molar-refractivity contribution in [1.29, 1.82) is 0 Å². The van der Waals surface area contributed by atoms with E-state index in [-0.39, 0.29) is 18.0 Å². The van der Waals surface area contributed by atoms with E-state index in [1.54, 1.807) is 12.1 Å². The quantitative estimate of drug-likeness (QED) is 0.930. The van der Waals surface area contributed by atoms with Crippen LogP contribution in [0.3, 0.4) is 0 Å². The molecule has 4 heteroatoms. The fraction of sp³-hybridized carbons (Fsp3) is 0.462. The SMILES string of the molecule is CC1(C(=O)Cc2ccc(Br)cc2F)CCCN1. The first kappa shape index (κ1) is 12.7. The molecule has 1 N–H and O–H groups in total. The van der Waals surface area contributed by atoms with Crippen molar-refractivity contribution in [3.63, 3.8) is 0 Å².